The van der Waals surface area contributed by atoms with E-state index in [-0.39, 0.29) is 5.56 Å². The number of anilines is 1. The largest absolute Gasteiger partial charge is 0.321 e. The van der Waals surface area contributed by atoms with Gasteiger partial charge in [-0.3, -0.25) is 4.79 Å². The summed E-state index contributed by atoms with van der Waals surface area (Å²) in [6.45, 7) is 0. The third kappa shape index (κ3) is 3.30. The van der Waals surface area contributed by atoms with Crippen molar-refractivity contribution in [3.8, 4) is 0 Å². The molecule has 0 aromatic heterocycles. The molecular weight excluding hydrogens is 340 g/mol. The van der Waals surface area contributed by atoms with E-state index in [1.807, 2.05) is 0 Å². The van der Waals surface area contributed by atoms with Crippen molar-refractivity contribution in [1.82, 2.24) is 0 Å². The molecule has 0 radical (unpaired) electrons. The van der Waals surface area contributed by atoms with Crippen molar-refractivity contribution in [1.29, 1.82) is 0 Å². The van der Waals surface area contributed by atoms with Gasteiger partial charge in [-0.05, 0) is 30.3 Å². The summed E-state index contributed by atoms with van der Waals surface area (Å²) in [7, 11) is 0. The molecule has 2 rings (SSSR count). The summed E-state index contributed by atoms with van der Waals surface area (Å²) >= 11 is 9.14. The average molecular weight is 347 g/mol. The van der Waals surface area contributed by atoms with Gasteiger partial charge in [-0.25, -0.2) is 8.78 Å². The molecule has 19 heavy (non-hydrogen) atoms. The van der Waals surface area contributed by atoms with Crippen LogP contribution in [0.1, 0.15) is 10.4 Å². The highest BCUT2D eigenvalue weighted by Crippen LogP contribution is 2.26. The molecule has 1 amide bonds. The first-order valence-electron chi connectivity index (χ1n) is 5.19. The zero-order chi connectivity index (χ0) is 14.0. The number of carbonyl (C=O) groups excluding carboxylic acids is 1. The van der Waals surface area contributed by atoms with Crippen LogP contribution in [0.3, 0.4) is 0 Å². The Kier molecular flexibility index (Phi) is 4.17. The molecule has 0 aliphatic carbocycles. The predicted octanol–water partition coefficient (Wildman–Crippen LogP) is 4.63. The summed E-state index contributed by atoms with van der Waals surface area (Å²) in [5, 5.41) is 2.78. The van der Waals surface area contributed by atoms with E-state index in [9.17, 15) is 13.6 Å². The standard InChI is InChI=1S/C13H7BrClF2NO/c14-7-1-4-10(15)12(5-7)18-13(19)9-3-2-8(16)6-11(9)17/h1-6H,(H,18,19). The number of hydrogen-bond donors (Lipinski definition) is 1. The van der Waals surface area contributed by atoms with Gasteiger partial charge in [0, 0.05) is 10.5 Å². The second kappa shape index (κ2) is 5.67. The Hall–Kier alpha value is -1.46. The lowest BCUT2D eigenvalue weighted by molar-refractivity contribution is 0.102. The van der Waals surface area contributed by atoms with Crippen molar-refractivity contribution < 1.29 is 13.6 Å². The SMILES string of the molecule is O=C(Nc1cc(Br)ccc1Cl)c1ccc(F)cc1F. The molecule has 98 valence electrons. The van der Waals surface area contributed by atoms with Gasteiger partial charge in [0.05, 0.1) is 16.3 Å². The van der Waals surface area contributed by atoms with Gasteiger partial charge in [-0.2, -0.15) is 0 Å². The number of hydrogen-bond acceptors (Lipinski definition) is 1. The normalized spacial score (nSPS) is 10.3. The van der Waals surface area contributed by atoms with Gasteiger partial charge in [0.2, 0.25) is 0 Å². The molecular formula is C13H7BrClF2NO. The molecule has 0 fully saturated rings. The molecule has 2 aromatic rings. The van der Waals surface area contributed by atoms with Crippen molar-refractivity contribution in [3.05, 3.63) is 63.1 Å². The Morgan fingerprint density at radius 3 is 2.58 bits per heavy atom. The van der Waals surface area contributed by atoms with Crippen molar-refractivity contribution in [3.63, 3.8) is 0 Å². The summed E-state index contributed by atoms with van der Waals surface area (Å²) in [5.74, 6) is -2.37. The van der Waals surface area contributed by atoms with Crippen LogP contribution in [0.4, 0.5) is 14.5 Å². The number of halogens is 4. The lowest BCUT2D eigenvalue weighted by Gasteiger charge is -2.08. The number of nitrogens with one attached hydrogen (secondary N) is 1. The lowest BCUT2D eigenvalue weighted by Crippen LogP contribution is -2.14. The molecule has 6 heteroatoms. The first-order chi connectivity index (χ1) is 8.97. The van der Waals surface area contributed by atoms with Gasteiger partial charge < -0.3 is 5.32 Å². The minimum Gasteiger partial charge on any atom is -0.321 e. The molecule has 0 unspecified atom stereocenters. The van der Waals surface area contributed by atoms with Crippen LogP contribution in [0.15, 0.2) is 40.9 Å². The number of rotatable bonds is 2. The predicted molar refractivity (Wildman–Crippen MR) is 73.5 cm³/mol. The summed E-state index contributed by atoms with van der Waals surface area (Å²) < 4.78 is 26.9. The van der Waals surface area contributed by atoms with E-state index in [1.165, 1.54) is 0 Å². The van der Waals surface area contributed by atoms with E-state index in [1.54, 1.807) is 18.2 Å². The highest BCUT2D eigenvalue weighted by molar-refractivity contribution is 9.10. The molecule has 0 spiro atoms. The first-order valence-corrected chi connectivity index (χ1v) is 6.36. The molecule has 0 saturated heterocycles. The summed E-state index contributed by atoms with van der Waals surface area (Å²) in [6, 6.07) is 7.62. The first kappa shape index (κ1) is 14.0. The second-order valence-electron chi connectivity index (χ2n) is 3.70. The van der Waals surface area contributed by atoms with Crippen LogP contribution < -0.4 is 5.32 Å². The topological polar surface area (TPSA) is 29.1 Å². The fraction of sp³-hybridized carbons (Fsp3) is 0. The van der Waals surface area contributed by atoms with Crippen molar-refractivity contribution in [2.24, 2.45) is 0 Å². The van der Waals surface area contributed by atoms with E-state index < -0.39 is 17.5 Å². The van der Waals surface area contributed by atoms with Crippen molar-refractivity contribution in [2.75, 3.05) is 5.32 Å². The van der Waals surface area contributed by atoms with Gasteiger partial charge in [-0.15, -0.1) is 0 Å². The van der Waals surface area contributed by atoms with Crippen LogP contribution in [-0.4, -0.2) is 5.91 Å². The molecule has 0 bridgehead atoms. The maximum atomic E-state index is 13.4. The van der Waals surface area contributed by atoms with Crippen LogP contribution in [0, 0.1) is 11.6 Å². The van der Waals surface area contributed by atoms with Crippen LogP contribution in [0.25, 0.3) is 0 Å². The van der Waals surface area contributed by atoms with Gasteiger partial charge in [-0.1, -0.05) is 27.5 Å². The van der Waals surface area contributed by atoms with E-state index in [4.69, 9.17) is 11.6 Å². The number of benzene rings is 2. The minimum absolute atomic E-state index is 0.252. The molecule has 0 saturated carbocycles. The fourth-order valence-corrected chi connectivity index (χ4v) is 1.98. The Morgan fingerprint density at radius 1 is 1.16 bits per heavy atom. The fourth-order valence-electron chi connectivity index (χ4n) is 1.46. The summed E-state index contributed by atoms with van der Waals surface area (Å²) in [5.41, 5.74) is 0.0854. The monoisotopic (exact) mass is 345 g/mol. The van der Waals surface area contributed by atoms with Crippen LogP contribution >= 0.6 is 27.5 Å². The van der Waals surface area contributed by atoms with Gasteiger partial charge in [0.1, 0.15) is 11.6 Å². The highest BCUT2D eigenvalue weighted by Gasteiger charge is 2.14. The van der Waals surface area contributed by atoms with Gasteiger partial charge in [0.15, 0.2) is 0 Å². The molecule has 0 heterocycles. The maximum Gasteiger partial charge on any atom is 0.258 e. The van der Waals surface area contributed by atoms with E-state index in [0.29, 0.717) is 21.2 Å². The Morgan fingerprint density at radius 2 is 1.89 bits per heavy atom. The zero-order valence-corrected chi connectivity index (χ0v) is 11.7. The zero-order valence-electron chi connectivity index (χ0n) is 9.38. The molecule has 2 aromatic carbocycles. The molecule has 0 atom stereocenters. The van der Waals surface area contributed by atoms with Crippen LogP contribution in [0.5, 0.6) is 0 Å². The third-order valence-corrected chi connectivity index (χ3v) is 3.18. The quantitative estimate of drug-likeness (QED) is 0.844. The maximum absolute atomic E-state index is 13.4. The van der Waals surface area contributed by atoms with Gasteiger partial charge >= 0.3 is 0 Å². The summed E-state index contributed by atoms with van der Waals surface area (Å²) in [4.78, 5) is 11.9. The third-order valence-electron chi connectivity index (χ3n) is 2.35. The van der Waals surface area contributed by atoms with Crippen molar-refractivity contribution >= 4 is 39.1 Å². The highest BCUT2D eigenvalue weighted by atomic mass is 79.9. The van der Waals surface area contributed by atoms with Crippen molar-refractivity contribution in [2.45, 2.75) is 0 Å². The Bertz CT molecular complexity index is 649. The number of carbonyl (C=O) groups is 1. The smallest absolute Gasteiger partial charge is 0.258 e. The molecule has 1 N–H and O–H groups in total. The van der Waals surface area contributed by atoms with Crippen LogP contribution in [0.2, 0.25) is 5.02 Å². The number of amides is 1. The molecule has 0 aliphatic heterocycles. The summed E-state index contributed by atoms with van der Waals surface area (Å²) in [6.07, 6.45) is 0. The second-order valence-corrected chi connectivity index (χ2v) is 5.03. The van der Waals surface area contributed by atoms with E-state index in [2.05, 4.69) is 21.2 Å². The lowest BCUT2D eigenvalue weighted by atomic mass is 10.2. The van der Waals surface area contributed by atoms with E-state index >= 15 is 0 Å². The Balaban J connectivity index is 2.28. The Labute approximate surface area is 121 Å². The molecule has 2 nitrogen and oxygen atoms in total. The average Bonchev–Trinajstić information content (AvgIpc) is 2.33. The van der Waals surface area contributed by atoms with E-state index in [0.717, 1.165) is 12.1 Å². The van der Waals surface area contributed by atoms with Crippen LogP contribution in [-0.2, 0) is 0 Å². The van der Waals surface area contributed by atoms with Gasteiger partial charge in [0.25, 0.3) is 5.91 Å². The minimum atomic E-state index is -0.927. The molecule has 0 aliphatic rings.